The van der Waals surface area contributed by atoms with Crippen LogP contribution in [0.1, 0.15) is 33.9 Å². The van der Waals surface area contributed by atoms with Gasteiger partial charge in [-0.1, -0.05) is 12.1 Å². The summed E-state index contributed by atoms with van der Waals surface area (Å²) in [6.07, 6.45) is 1.71. The number of hydrogen-bond acceptors (Lipinski definition) is 2. The Balaban J connectivity index is 2.52. The van der Waals surface area contributed by atoms with E-state index in [9.17, 15) is 0 Å². The van der Waals surface area contributed by atoms with Gasteiger partial charge in [-0.05, 0) is 72.1 Å². The molecule has 1 aromatic carbocycles. The molecule has 1 unspecified atom stereocenters. The van der Waals surface area contributed by atoms with Crippen molar-refractivity contribution in [1.29, 1.82) is 0 Å². The van der Waals surface area contributed by atoms with Crippen LogP contribution in [0.15, 0.2) is 33.5 Å². The molecule has 18 heavy (non-hydrogen) atoms. The van der Waals surface area contributed by atoms with E-state index in [2.05, 4.69) is 54.2 Å². The van der Waals surface area contributed by atoms with Gasteiger partial charge in [-0.3, -0.25) is 0 Å². The molecule has 0 aliphatic heterocycles. The summed E-state index contributed by atoms with van der Waals surface area (Å²) in [6.45, 7) is 6.45. The highest BCUT2D eigenvalue weighted by Gasteiger charge is 2.19. The fourth-order valence-corrected chi connectivity index (χ4v) is 2.75. The monoisotopic (exact) mass is 307 g/mol. The molecule has 3 heteroatoms. The zero-order valence-corrected chi connectivity index (χ0v) is 12.8. The number of furan rings is 1. The van der Waals surface area contributed by atoms with Crippen molar-refractivity contribution in [2.24, 2.45) is 0 Å². The average Bonchev–Trinajstić information content (AvgIpc) is 2.73. The second-order valence-electron chi connectivity index (χ2n) is 4.66. The SMILES string of the molecule is CNC(c1cc(C)c(C)cc1C)c1ccoc1Br. The molecule has 0 bridgehead atoms. The van der Waals surface area contributed by atoms with Gasteiger partial charge >= 0.3 is 0 Å². The number of rotatable bonds is 3. The lowest BCUT2D eigenvalue weighted by Gasteiger charge is -2.19. The predicted molar refractivity (Wildman–Crippen MR) is 78.0 cm³/mol. The van der Waals surface area contributed by atoms with Crippen LogP contribution in [0.25, 0.3) is 0 Å². The van der Waals surface area contributed by atoms with Gasteiger partial charge < -0.3 is 9.73 Å². The van der Waals surface area contributed by atoms with E-state index in [1.54, 1.807) is 6.26 Å². The van der Waals surface area contributed by atoms with Crippen LogP contribution in [0.5, 0.6) is 0 Å². The zero-order chi connectivity index (χ0) is 13.3. The Morgan fingerprint density at radius 2 is 1.72 bits per heavy atom. The first-order valence-electron chi connectivity index (χ1n) is 6.02. The number of nitrogens with one attached hydrogen (secondary N) is 1. The molecule has 0 spiro atoms. The summed E-state index contributed by atoms with van der Waals surface area (Å²) in [6, 6.07) is 6.64. The zero-order valence-electron chi connectivity index (χ0n) is 11.2. The van der Waals surface area contributed by atoms with E-state index in [-0.39, 0.29) is 6.04 Å². The Kier molecular flexibility index (Phi) is 3.93. The Hall–Kier alpha value is -1.06. The van der Waals surface area contributed by atoms with Gasteiger partial charge in [0.15, 0.2) is 4.67 Å². The van der Waals surface area contributed by atoms with Gasteiger partial charge in [0.1, 0.15) is 0 Å². The molecule has 0 amide bonds. The Morgan fingerprint density at radius 3 is 2.28 bits per heavy atom. The maximum Gasteiger partial charge on any atom is 0.174 e. The Labute approximate surface area is 117 Å². The molecule has 1 aromatic heterocycles. The van der Waals surface area contributed by atoms with Gasteiger partial charge in [0, 0.05) is 5.56 Å². The molecule has 1 atom stereocenters. The molecule has 0 radical (unpaired) electrons. The van der Waals surface area contributed by atoms with Gasteiger partial charge in [0.05, 0.1) is 12.3 Å². The van der Waals surface area contributed by atoms with Crippen molar-refractivity contribution >= 4 is 15.9 Å². The smallest absolute Gasteiger partial charge is 0.174 e. The van der Waals surface area contributed by atoms with Crippen LogP contribution in [-0.4, -0.2) is 7.05 Å². The van der Waals surface area contributed by atoms with Crippen LogP contribution >= 0.6 is 15.9 Å². The summed E-state index contributed by atoms with van der Waals surface area (Å²) in [5.74, 6) is 0. The van der Waals surface area contributed by atoms with E-state index in [1.807, 2.05) is 13.1 Å². The molecule has 0 aliphatic carbocycles. The van der Waals surface area contributed by atoms with Gasteiger partial charge in [0.25, 0.3) is 0 Å². The third-order valence-corrected chi connectivity index (χ3v) is 4.08. The average molecular weight is 308 g/mol. The van der Waals surface area contributed by atoms with Gasteiger partial charge in [-0.15, -0.1) is 0 Å². The first-order chi connectivity index (χ1) is 8.54. The molecular weight excluding hydrogens is 290 g/mol. The summed E-state index contributed by atoms with van der Waals surface area (Å²) in [7, 11) is 1.97. The molecular formula is C15H18BrNO. The first kappa shape index (κ1) is 13.4. The maximum absolute atomic E-state index is 5.34. The van der Waals surface area contributed by atoms with E-state index in [4.69, 9.17) is 4.42 Å². The van der Waals surface area contributed by atoms with Crippen LogP contribution < -0.4 is 5.32 Å². The van der Waals surface area contributed by atoms with Crippen molar-refractivity contribution < 1.29 is 4.42 Å². The second kappa shape index (κ2) is 5.29. The van der Waals surface area contributed by atoms with Crippen LogP contribution in [0, 0.1) is 20.8 Å². The standard InChI is InChI=1S/C15H18BrNO/c1-9-7-11(3)13(8-10(9)2)14(17-4)12-5-6-18-15(12)16/h5-8,14,17H,1-4H3. The summed E-state index contributed by atoms with van der Waals surface area (Å²) in [5.41, 5.74) is 6.37. The number of benzene rings is 1. The van der Waals surface area contributed by atoms with E-state index in [0.717, 1.165) is 10.2 Å². The maximum atomic E-state index is 5.34. The van der Waals surface area contributed by atoms with Gasteiger partial charge in [0.2, 0.25) is 0 Å². The predicted octanol–water partition coefficient (Wildman–Crippen LogP) is 4.28. The highest BCUT2D eigenvalue weighted by molar-refractivity contribution is 9.10. The molecule has 0 saturated carbocycles. The van der Waals surface area contributed by atoms with Crippen LogP contribution in [-0.2, 0) is 0 Å². The third-order valence-electron chi connectivity index (χ3n) is 3.44. The molecule has 96 valence electrons. The molecule has 0 saturated heterocycles. The minimum atomic E-state index is 0.150. The summed E-state index contributed by atoms with van der Waals surface area (Å²) < 4.78 is 6.13. The molecule has 2 aromatic rings. The number of halogens is 1. The fraction of sp³-hybridized carbons (Fsp3) is 0.333. The quantitative estimate of drug-likeness (QED) is 0.915. The lowest BCUT2D eigenvalue weighted by atomic mass is 9.93. The molecule has 1 N–H and O–H groups in total. The molecule has 2 nitrogen and oxygen atoms in total. The topological polar surface area (TPSA) is 25.2 Å². The third kappa shape index (κ3) is 2.38. The van der Waals surface area contributed by atoms with Crippen molar-refractivity contribution in [3.8, 4) is 0 Å². The molecule has 0 fully saturated rings. The van der Waals surface area contributed by atoms with E-state index in [1.165, 1.54) is 22.3 Å². The Morgan fingerprint density at radius 1 is 1.06 bits per heavy atom. The number of aryl methyl sites for hydroxylation is 3. The number of hydrogen-bond donors (Lipinski definition) is 1. The van der Waals surface area contributed by atoms with Crippen LogP contribution in [0.2, 0.25) is 0 Å². The summed E-state index contributed by atoms with van der Waals surface area (Å²) in [4.78, 5) is 0. The van der Waals surface area contributed by atoms with Crippen LogP contribution in [0.4, 0.5) is 0 Å². The van der Waals surface area contributed by atoms with Crippen molar-refractivity contribution in [3.05, 3.63) is 56.9 Å². The van der Waals surface area contributed by atoms with Crippen LogP contribution in [0.3, 0.4) is 0 Å². The highest BCUT2D eigenvalue weighted by atomic mass is 79.9. The molecule has 1 heterocycles. The largest absolute Gasteiger partial charge is 0.457 e. The van der Waals surface area contributed by atoms with E-state index in [0.29, 0.717) is 0 Å². The lowest BCUT2D eigenvalue weighted by Crippen LogP contribution is -2.18. The second-order valence-corrected chi connectivity index (χ2v) is 5.38. The van der Waals surface area contributed by atoms with Crippen molar-refractivity contribution in [2.45, 2.75) is 26.8 Å². The minimum Gasteiger partial charge on any atom is -0.457 e. The van der Waals surface area contributed by atoms with E-state index >= 15 is 0 Å². The lowest BCUT2D eigenvalue weighted by molar-refractivity contribution is 0.530. The van der Waals surface area contributed by atoms with Crippen molar-refractivity contribution in [2.75, 3.05) is 7.05 Å². The van der Waals surface area contributed by atoms with Gasteiger partial charge in [-0.2, -0.15) is 0 Å². The van der Waals surface area contributed by atoms with Gasteiger partial charge in [-0.25, -0.2) is 0 Å². The molecule has 0 aliphatic rings. The Bertz CT molecular complexity index is 560. The van der Waals surface area contributed by atoms with E-state index < -0.39 is 0 Å². The fourth-order valence-electron chi connectivity index (χ4n) is 2.28. The normalized spacial score (nSPS) is 12.7. The summed E-state index contributed by atoms with van der Waals surface area (Å²) in [5, 5.41) is 3.36. The minimum absolute atomic E-state index is 0.150. The highest BCUT2D eigenvalue weighted by Crippen LogP contribution is 2.32. The van der Waals surface area contributed by atoms with Crippen molar-refractivity contribution in [3.63, 3.8) is 0 Å². The first-order valence-corrected chi connectivity index (χ1v) is 6.81. The molecule has 2 rings (SSSR count). The van der Waals surface area contributed by atoms with Crippen molar-refractivity contribution in [1.82, 2.24) is 5.32 Å². The summed E-state index contributed by atoms with van der Waals surface area (Å²) >= 11 is 3.46.